The summed E-state index contributed by atoms with van der Waals surface area (Å²) in [6.07, 6.45) is 2.00. The number of nitrogens with zero attached hydrogens (tertiary/aromatic N) is 3. The lowest BCUT2D eigenvalue weighted by Gasteiger charge is -2.40. The van der Waals surface area contributed by atoms with Gasteiger partial charge in [-0.15, -0.1) is 5.10 Å². The molecular weight excluding hydrogens is 392 g/mol. The van der Waals surface area contributed by atoms with Gasteiger partial charge in [0.25, 0.3) is 0 Å². The highest BCUT2D eigenvalue weighted by Crippen LogP contribution is 2.43. The summed E-state index contributed by atoms with van der Waals surface area (Å²) in [7, 11) is 0. The Morgan fingerprint density at radius 3 is 1.62 bits per heavy atom. The molecule has 4 nitrogen and oxygen atoms in total. The van der Waals surface area contributed by atoms with E-state index < -0.39 is 11.6 Å². The largest absolute Gasteiger partial charge is 0.321 e. The normalized spacial score (nSPS) is 12.4. The average Bonchev–Trinajstić information content (AvgIpc) is 3.37. The van der Waals surface area contributed by atoms with Gasteiger partial charge in [-0.05, 0) is 16.7 Å². The minimum Gasteiger partial charge on any atom is -0.321 e. The highest BCUT2D eigenvalue weighted by Gasteiger charge is 2.44. The Labute approximate surface area is 188 Å². The SMILES string of the molecule is N[C@@H](c1ccccc1)C(c1ccccc1)(c1ccccc1)n1cc(-c2ccccc2)nn1. The Hall–Kier alpha value is -4.02. The molecule has 0 aliphatic carbocycles. The molecule has 0 aliphatic rings. The van der Waals surface area contributed by atoms with Crippen LogP contribution in [-0.4, -0.2) is 15.0 Å². The van der Waals surface area contributed by atoms with Crippen LogP contribution in [0.5, 0.6) is 0 Å². The summed E-state index contributed by atoms with van der Waals surface area (Å²) in [5, 5.41) is 9.19. The van der Waals surface area contributed by atoms with Gasteiger partial charge >= 0.3 is 0 Å². The van der Waals surface area contributed by atoms with E-state index in [-0.39, 0.29) is 0 Å². The third kappa shape index (κ3) is 3.41. The first-order valence-electron chi connectivity index (χ1n) is 10.7. The van der Waals surface area contributed by atoms with Crippen molar-refractivity contribution in [2.45, 2.75) is 11.6 Å². The minimum atomic E-state index is -0.788. The Kier molecular flexibility index (Phi) is 5.36. The van der Waals surface area contributed by atoms with Crippen molar-refractivity contribution in [1.29, 1.82) is 0 Å². The van der Waals surface area contributed by atoms with Crippen molar-refractivity contribution in [3.05, 3.63) is 144 Å². The van der Waals surface area contributed by atoms with Crippen molar-refractivity contribution < 1.29 is 0 Å². The quantitative estimate of drug-likeness (QED) is 0.401. The second-order valence-electron chi connectivity index (χ2n) is 7.80. The van der Waals surface area contributed by atoms with Crippen LogP contribution in [0.25, 0.3) is 11.3 Å². The van der Waals surface area contributed by atoms with Crippen molar-refractivity contribution in [2.75, 3.05) is 0 Å². The van der Waals surface area contributed by atoms with Crippen LogP contribution in [0.15, 0.2) is 128 Å². The second-order valence-corrected chi connectivity index (χ2v) is 7.80. The van der Waals surface area contributed by atoms with Gasteiger partial charge in [-0.1, -0.05) is 127 Å². The van der Waals surface area contributed by atoms with Gasteiger partial charge in [0.15, 0.2) is 0 Å². The summed E-state index contributed by atoms with van der Waals surface area (Å²) in [5.74, 6) is 0. The van der Waals surface area contributed by atoms with E-state index in [4.69, 9.17) is 5.73 Å². The first-order valence-corrected chi connectivity index (χ1v) is 10.7. The Morgan fingerprint density at radius 1 is 0.625 bits per heavy atom. The molecule has 32 heavy (non-hydrogen) atoms. The zero-order valence-electron chi connectivity index (χ0n) is 17.6. The predicted octanol–water partition coefficient (Wildman–Crippen LogP) is 5.44. The molecule has 1 aromatic heterocycles. The molecule has 4 heteroatoms. The first-order chi connectivity index (χ1) is 15.8. The molecule has 0 saturated carbocycles. The maximum absolute atomic E-state index is 7.13. The highest BCUT2D eigenvalue weighted by molar-refractivity contribution is 5.58. The van der Waals surface area contributed by atoms with E-state index in [1.807, 2.05) is 95.8 Å². The molecule has 0 aliphatic heterocycles. The molecule has 5 aromatic rings. The van der Waals surface area contributed by atoms with Crippen LogP contribution in [0.1, 0.15) is 22.7 Å². The number of hydrogen-bond acceptors (Lipinski definition) is 3. The van der Waals surface area contributed by atoms with Crippen LogP contribution < -0.4 is 5.73 Å². The van der Waals surface area contributed by atoms with Crippen molar-refractivity contribution >= 4 is 0 Å². The summed E-state index contributed by atoms with van der Waals surface area (Å²) in [6.45, 7) is 0. The van der Waals surface area contributed by atoms with E-state index in [0.29, 0.717) is 0 Å². The van der Waals surface area contributed by atoms with E-state index in [1.165, 1.54) is 0 Å². The Balaban J connectivity index is 1.80. The number of rotatable bonds is 6. The Morgan fingerprint density at radius 2 is 1.09 bits per heavy atom. The van der Waals surface area contributed by atoms with Crippen LogP contribution in [0.3, 0.4) is 0 Å². The molecule has 1 atom stereocenters. The highest BCUT2D eigenvalue weighted by atomic mass is 15.5. The summed E-state index contributed by atoms with van der Waals surface area (Å²) in [6, 6.07) is 40.5. The molecule has 0 radical (unpaired) electrons. The van der Waals surface area contributed by atoms with E-state index >= 15 is 0 Å². The van der Waals surface area contributed by atoms with Crippen LogP contribution in [0.2, 0.25) is 0 Å². The van der Waals surface area contributed by atoms with E-state index in [9.17, 15) is 0 Å². The lowest BCUT2D eigenvalue weighted by Crippen LogP contribution is -2.46. The molecule has 2 N–H and O–H groups in total. The van der Waals surface area contributed by atoms with Crippen LogP contribution in [0.4, 0.5) is 0 Å². The zero-order chi connectivity index (χ0) is 21.8. The van der Waals surface area contributed by atoms with Gasteiger partial charge in [-0.25, -0.2) is 4.68 Å². The topological polar surface area (TPSA) is 56.7 Å². The van der Waals surface area contributed by atoms with Crippen molar-refractivity contribution in [2.24, 2.45) is 5.73 Å². The minimum absolute atomic E-state index is 0.404. The maximum Gasteiger partial charge on any atom is 0.133 e. The van der Waals surface area contributed by atoms with Gasteiger partial charge in [0.05, 0.1) is 12.2 Å². The number of nitrogens with two attached hydrogens (primary N) is 1. The molecule has 0 amide bonds. The molecule has 0 bridgehead atoms. The van der Waals surface area contributed by atoms with Gasteiger partial charge in [-0.3, -0.25) is 0 Å². The smallest absolute Gasteiger partial charge is 0.133 e. The fourth-order valence-electron chi connectivity index (χ4n) is 4.40. The summed E-state index contributed by atoms with van der Waals surface area (Å²) < 4.78 is 1.93. The fraction of sp³-hybridized carbons (Fsp3) is 0.0714. The van der Waals surface area contributed by atoms with E-state index in [1.54, 1.807) is 0 Å². The number of aromatic nitrogens is 3. The third-order valence-corrected chi connectivity index (χ3v) is 5.96. The van der Waals surface area contributed by atoms with Crippen molar-refractivity contribution in [1.82, 2.24) is 15.0 Å². The molecular formula is C28H24N4. The molecule has 0 unspecified atom stereocenters. The molecule has 156 valence electrons. The zero-order valence-corrected chi connectivity index (χ0v) is 17.6. The lowest BCUT2D eigenvalue weighted by molar-refractivity contribution is 0.313. The third-order valence-electron chi connectivity index (χ3n) is 5.96. The van der Waals surface area contributed by atoms with Crippen molar-refractivity contribution in [3.8, 4) is 11.3 Å². The molecule has 5 rings (SSSR count). The van der Waals surface area contributed by atoms with Gasteiger partial charge < -0.3 is 5.73 Å². The molecule has 4 aromatic carbocycles. The van der Waals surface area contributed by atoms with Gasteiger partial charge in [-0.2, -0.15) is 0 Å². The van der Waals surface area contributed by atoms with Crippen molar-refractivity contribution in [3.63, 3.8) is 0 Å². The molecule has 0 saturated heterocycles. The van der Waals surface area contributed by atoms with Crippen LogP contribution in [0, 0.1) is 0 Å². The first kappa shape index (κ1) is 19.9. The van der Waals surface area contributed by atoms with Crippen LogP contribution in [-0.2, 0) is 5.54 Å². The van der Waals surface area contributed by atoms with Gasteiger partial charge in [0.2, 0.25) is 0 Å². The maximum atomic E-state index is 7.13. The standard InChI is InChI=1S/C28H24N4/c29-27(23-15-7-2-8-16-23)28(24-17-9-3-10-18-24,25-19-11-4-12-20-25)32-21-26(30-31-32)22-13-5-1-6-14-22/h1-21,27H,29H2/t27-/m0/s1. The summed E-state index contributed by atoms with van der Waals surface area (Å²) in [5.41, 5.74) is 11.3. The average molecular weight is 417 g/mol. The number of benzene rings is 4. The molecule has 0 fully saturated rings. The fourth-order valence-corrected chi connectivity index (χ4v) is 4.40. The summed E-state index contributed by atoms with van der Waals surface area (Å²) >= 11 is 0. The second kappa shape index (κ2) is 8.61. The van der Waals surface area contributed by atoms with Crippen LogP contribution >= 0.6 is 0 Å². The summed E-state index contributed by atoms with van der Waals surface area (Å²) in [4.78, 5) is 0. The van der Waals surface area contributed by atoms with Gasteiger partial charge in [0.1, 0.15) is 11.2 Å². The van der Waals surface area contributed by atoms with E-state index in [2.05, 4.69) is 46.7 Å². The number of hydrogen-bond donors (Lipinski definition) is 1. The molecule has 1 heterocycles. The lowest BCUT2D eigenvalue weighted by atomic mass is 9.74. The Bertz CT molecular complexity index is 1230. The monoisotopic (exact) mass is 416 g/mol. The van der Waals surface area contributed by atoms with Gasteiger partial charge in [0, 0.05) is 5.56 Å². The predicted molar refractivity (Wildman–Crippen MR) is 128 cm³/mol. The molecule has 0 spiro atoms. The van der Waals surface area contributed by atoms with E-state index in [0.717, 1.165) is 27.9 Å².